The molecule has 0 aliphatic heterocycles. The number of halogens is 1. The molecule has 90 valence electrons. The van der Waals surface area contributed by atoms with Crippen LogP contribution in [0, 0.1) is 21.4 Å². The van der Waals surface area contributed by atoms with Crippen LogP contribution in [-0.4, -0.2) is 28.6 Å². The van der Waals surface area contributed by atoms with Crippen LogP contribution in [0.15, 0.2) is 18.2 Å². The van der Waals surface area contributed by atoms with Gasteiger partial charge in [-0.05, 0) is 12.1 Å². The average molecular weight is 257 g/mol. The van der Waals surface area contributed by atoms with Crippen molar-refractivity contribution in [3.05, 3.63) is 33.9 Å². The number of ether oxygens (including phenoxy) is 1. The van der Waals surface area contributed by atoms with Gasteiger partial charge in [-0.15, -0.1) is 11.6 Å². The number of benzene rings is 1. The molecule has 0 fully saturated rings. The molecule has 0 saturated heterocycles. The fraction of sp³-hybridized carbons (Fsp3) is 0.300. The van der Waals surface area contributed by atoms with Crippen LogP contribution >= 0.6 is 11.6 Å². The summed E-state index contributed by atoms with van der Waals surface area (Å²) >= 11 is 5.36. The number of aliphatic hydroxyl groups is 1. The van der Waals surface area contributed by atoms with E-state index in [-0.39, 0.29) is 29.5 Å². The van der Waals surface area contributed by atoms with Crippen molar-refractivity contribution in [1.29, 1.82) is 5.26 Å². The van der Waals surface area contributed by atoms with Crippen LogP contribution in [0.4, 0.5) is 5.69 Å². The summed E-state index contributed by atoms with van der Waals surface area (Å²) in [4.78, 5) is 10.1. The summed E-state index contributed by atoms with van der Waals surface area (Å²) in [6.07, 6.45) is -0.896. The Kier molecular flexibility index (Phi) is 4.69. The largest absolute Gasteiger partial charge is 0.484 e. The smallest absolute Gasteiger partial charge is 0.312 e. The van der Waals surface area contributed by atoms with Gasteiger partial charge in [0.2, 0.25) is 0 Å². The average Bonchev–Trinajstić information content (AvgIpc) is 2.35. The van der Waals surface area contributed by atoms with Crippen molar-refractivity contribution in [2.75, 3.05) is 12.5 Å². The van der Waals surface area contributed by atoms with Gasteiger partial charge >= 0.3 is 5.69 Å². The topological polar surface area (TPSA) is 96.4 Å². The molecule has 0 spiro atoms. The molecule has 7 heteroatoms. The van der Waals surface area contributed by atoms with Crippen LogP contribution in [0.3, 0.4) is 0 Å². The number of nitro benzene ring substituents is 1. The quantitative estimate of drug-likeness (QED) is 0.488. The van der Waals surface area contributed by atoms with E-state index in [4.69, 9.17) is 21.6 Å². The molecule has 6 nitrogen and oxygen atoms in total. The van der Waals surface area contributed by atoms with E-state index in [1.165, 1.54) is 12.1 Å². The Balaban J connectivity index is 2.92. The summed E-state index contributed by atoms with van der Waals surface area (Å²) in [6.45, 7) is -0.143. The Morgan fingerprint density at radius 2 is 2.35 bits per heavy atom. The molecule has 1 N–H and O–H groups in total. The van der Waals surface area contributed by atoms with Gasteiger partial charge in [-0.25, -0.2) is 0 Å². The predicted molar refractivity (Wildman–Crippen MR) is 60.0 cm³/mol. The lowest BCUT2D eigenvalue weighted by molar-refractivity contribution is -0.385. The van der Waals surface area contributed by atoms with Crippen LogP contribution < -0.4 is 4.74 Å². The molecule has 1 unspecified atom stereocenters. The van der Waals surface area contributed by atoms with Gasteiger partial charge in [-0.3, -0.25) is 10.1 Å². The summed E-state index contributed by atoms with van der Waals surface area (Å²) < 4.78 is 5.07. The highest BCUT2D eigenvalue weighted by atomic mass is 35.5. The van der Waals surface area contributed by atoms with Crippen molar-refractivity contribution >= 4 is 17.3 Å². The van der Waals surface area contributed by atoms with E-state index in [9.17, 15) is 15.2 Å². The van der Waals surface area contributed by atoms with Crippen molar-refractivity contribution in [3.8, 4) is 11.8 Å². The number of nitrogens with zero attached hydrogens (tertiary/aromatic N) is 2. The maximum Gasteiger partial charge on any atom is 0.312 e. The van der Waals surface area contributed by atoms with Crippen LogP contribution in [0.2, 0.25) is 0 Å². The van der Waals surface area contributed by atoms with Gasteiger partial charge in [0.15, 0.2) is 5.75 Å². The van der Waals surface area contributed by atoms with Gasteiger partial charge in [-0.1, -0.05) is 0 Å². The molecule has 1 aromatic carbocycles. The number of nitriles is 1. The second-order valence-corrected chi connectivity index (χ2v) is 3.48. The highest BCUT2D eigenvalue weighted by molar-refractivity contribution is 6.18. The van der Waals surface area contributed by atoms with E-state index < -0.39 is 11.0 Å². The molecule has 1 aromatic rings. The highest BCUT2D eigenvalue weighted by Gasteiger charge is 2.17. The molecular formula is C10H9ClN2O4. The lowest BCUT2D eigenvalue weighted by Gasteiger charge is -2.09. The van der Waals surface area contributed by atoms with Crippen LogP contribution in [-0.2, 0) is 0 Å². The minimum absolute atomic E-state index is 0.00170. The van der Waals surface area contributed by atoms with E-state index in [0.717, 1.165) is 6.07 Å². The fourth-order valence-electron chi connectivity index (χ4n) is 1.08. The molecule has 0 aliphatic carbocycles. The SMILES string of the molecule is N#Cc1ccc(OCC(O)CCl)c([N+](=O)[O-])c1. The van der Waals surface area contributed by atoms with Gasteiger partial charge in [0.05, 0.1) is 22.4 Å². The molecule has 0 saturated carbocycles. The van der Waals surface area contributed by atoms with Gasteiger partial charge in [-0.2, -0.15) is 5.26 Å². The van der Waals surface area contributed by atoms with E-state index in [1.807, 2.05) is 0 Å². The highest BCUT2D eigenvalue weighted by Crippen LogP contribution is 2.27. The summed E-state index contributed by atoms with van der Waals surface area (Å²) in [5, 5.41) is 28.5. The zero-order valence-electron chi connectivity index (χ0n) is 8.67. The minimum atomic E-state index is -0.896. The molecule has 0 aliphatic rings. The summed E-state index contributed by atoms with van der Waals surface area (Å²) in [7, 11) is 0. The summed E-state index contributed by atoms with van der Waals surface area (Å²) in [6, 6.07) is 5.62. The molecule has 0 aromatic heterocycles. The molecule has 1 atom stereocenters. The van der Waals surface area contributed by atoms with Crippen LogP contribution in [0.1, 0.15) is 5.56 Å². The Hall–Kier alpha value is -1.84. The van der Waals surface area contributed by atoms with Crippen molar-refractivity contribution < 1.29 is 14.8 Å². The van der Waals surface area contributed by atoms with Crippen molar-refractivity contribution in [3.63, 3.8) is 0 Å². The third-order valence-electron chi connectivity index (χ3n) is 1.89. The molecular weight excluding hydrogens is 248 g/mol. The maximum atomic E-state index is 10.7. The van der Waals surface area contributed by atoms with Gasteiger partial charge in [0.1, 0.15) is 12.7 Å². The maximum absolute atomic E-state index is 10.7. The number of rotatable bonds is 5. The zero-order valence-corrected chi connectivity index (χ0v) is 9.42. The molecule has 0 heterocycles. The Bertz CT molecular complexity index is 458. The number of hydrogen-bond donors (Lipinski definition) is 1. The molecule has 0 amide bonds. The third-order valence-corrected chi connectivity index (χ3v) is 2.25. The predicted octanol–water partition coefficient (Wildman–Crippen LogP) is 1.44. The number of hydrogen-bond acceptors (Lipinski definition) is 5. The second kappa shape index (κ2) is 6.03. The third kappa shape index (κ3) is 3.59. The first-order valence-electron chi connectivity index (χ1n) is 4.64. The van der Waals surface area contributed by atoms with Crippen molar-refractivity contribution in [2.45, 2.75) is 6.10 Å². The van der Waals surface area contributed by atoms with E-state index >= 15 is 0 Å². The summed E-state index contributed by atoms with van der Waals surface area (Å²) in [5.41, 5.74) is -0.146. The lowest BCUT2D eigenvalue weighted by Crippen LogP contribution is -2.19. The Morgan fingerprint density at radius 1 is 1.65 bits per heavy atom. The van der Waals surface area contributed by atoms with Gasteiger partial charge < -0.3 is 9.84 Å². The Morgan fingerprint density at radius 3 is 2.88 bits per heavy atom. The first-order valence-corrected chi connectivity index (χ1v) is 5.17. The summed E-state index contributed by atoms with van der Waals surface area (Å²) in [5.74, 6) is -0.0254. The van der Waals surface area contributed by atoms with Crippen LogP contribution in [0.25, 0.3) is 0 Å². The Labute approximate surface area is 102 Å². The molecule has 0 bridgehead atoms. The minimum Gasteiger partial charge on any atom is -0.484 e. The molecule has 0 radical (unpaired) electrons. The van der Waals surface area contributed by atoms with Crippen LogP contribution in [0.5, 0.6) is 5.75 Å². The van der Waals surface area contributed by atoms with E-state index in [0.29, 0.717) is 0 Å². The first kappa shape index (κ1) is 13.2. The van der Waals surface area contributed by atoms with Crippen molar-refractivity contribution in [2.24, 2.45) is 0 Å². The number of aliphatic hydroxyl groups excluding tert-OH is 1. The standard InChI is InChI=1S/C10H9ClN2O4/c11-4-8(14)6-17-10-2-1-7(5-12)3-9(10)13(15)16/h1-3,8,14H,4,6H2. The normalized spacial score (nSPS) is 11.6. The lowest BCUT2D eigenvalue weighted by atomic mass is 10.2. The van der Waals surface area contributed by atoms with E-state index in [1.54, 1.807) is 6.07 Å². The van der Waals surface area contributed by atoms with Gasteiger partial charge in [0, 0.05) is 6.07 Å². The van der Waals surface area contributed by atoms with Crippen molar-refractivity contribution in [1.82, 2.24) is 0 Å². The van der Waals surface area contributed by atoms with Gasteiger partial charge in [0.25, 0.3) is 0 Å². The zero-order chi connectivity index (χ0) is 12.8. The monoisotopic (exact) mass is 256 g/mol. The number of nitro groups is 1. The number of alkyl halides is 1. The molecule has 1 rings (SSSR count). The fourth-order valence-corrected chi connectivity index (χ4v) is 1.17. The first-order chi connectivity index (χ1) is 8.08. The van der Waals surface area contributed by atoms with E-state index in [2.05, 4.69) is 0 Å². The molecule has 17 heavy (non-hydrogen) atoms. The second-order valence-electron chi connectivity index (χ2n) is 3.17.